The zero-order valence-corrected chi connectivity index (χ0v) is 14.3. The minimum absolute atomic E-state index is 0. The maximum absolute atomic E-state index is 12.2. The number of nitrogens with two attached hydrogens (primary N) is 1. The Kier molecular flexibility index (Phi) is 8.38. The quantitative estimate of drug-likeness (QED) is 0.810. The van der Waals surface area contributed by atoms with Gasteiger partial charge in [0, 0.05) is 19.0 Å². The summed E-state index contributed by atoms with van der Waals surface area (Å²) in [6.07, 6.45) is 1.45. The summed E-state index contributed by atoms with van der Waals surface area (Å²) in [5, 5.41) is 2.95. The molecule has 23 heavy (non-hydrogen) atoms. The van der Waals surface area contributed by atoms with Crippen LogP contribution in [0.4, 0.5) is 0 Å². The molecule has 2 aromatic carbocycles. The predicted octanol–water partition coefficient (Wildman–Crippen LogP) is 3.81. The van der Waals surface area contributed by atoms with Crippen molar-refractivity contribution in [1.29, 1.82) is 0 Å². The number of halogens is 1. The van der Waals surface area contributed by atoms with Gasteiger partial charge in [-0.05, 0) is 23.5 Å². The standard InChI is InChI=1S/C19H24N2O.ClH/c1-2-15(16-9-5-3-6-10-16)13-19(22)21-14-18(20)17-11-7-4-8-12-17;/h3-12,15,18H,2,13-14,20H2,1H3,(H,21,22);1H. The molecule has 0 radical (unpaired) electrons. The monoisotopic (exact) mass is 332 g/mol. The first kappa shape index (κ1) is 19.2. The van der Waals surface area contributed by atoms with Crippen molar-refractivity contribution in [3.05, 3.63) is 71.8 Å². The van der Waals surface area contributed by atoms with E-state index >= 15 is 0 Å². The predicted molar refractivity (Wildman–Crippen MR) is 97.7 cm³/mol. The molecule has 124 valence electrons. The molecule has 0 spiro atoms. The minimum Gasteiger partial charge on any atom is -0.354 e. The molecule has 0 saturated carbocycles. The number of hydrogen-bond acceptors (Lipinski definition) is 2. The number of carbonyl (C=O) groups excluding carboxylic acids is 1. The number of rotatable bonds is 7. The molecular formula is C19H25ClN2O. The van der Waals surface area contributed by atoms with Crippen molar-refractivity contribution in [3.63, 3.8) is 0 Å². The van der Waals surface area contributed by atoms with E-state index in [-0.39, 0.29) is 30.3 Å². The molecule has 0 aliphatic carbocycles. The Morgan fingerprint density at radius 2 is 1.52 bits per heavy atom. The van der Waals surface area contributed by atoms with Gasteiger partial charge in [-0.3, -0.25) is 4.79 Å². The van der Waals surface area contributed by atoms with Gasteiger partial charge in [-0.15, -0.1) is 12.4 Å². The zero-order chi connectivity index (χ0) is 15.8. The largest absolute Gasteiger partial charge is 0.354 e. The first-order valence-electron chi connectivity index (χ1n) is 7.83. The number of hydrogen-bond donors (Lipinski definition) is 2. The van der Waals surface area contributed by atoms with E-state index in [9.17, 15) is 4.79 Å². The van der Waals surface area contributed by atoms with Gasteiger partial charge in [-0.1, -0.05) is 67.6 Å². The third-order valence-corrected chi connectivity index (χ3v) is 3.94. The second-order valence-corrected chi connectivity index (χ2v) is 5.54. The highest BCUT2D eigenvalue weighted by atomic mass is 35.5. The minimum atomic E-state index is -0.165. The first-order chi connectivity index (χ1) is 10.7. The molecule has 3 nitrogen and oxygen atoms in total. The summed E-state index contributed by atoms with van der Waals surface area (Å²) >= 11 is 0. The van der Waals surface area contributed by atoms with Crippen molar-refractivity contribution in [2.75, 3.05) is 6.54 Å². The van der Waals surface area contributed by atoms with Crippen molar-refractivity contribution >= 4 is 18.3 Å². The van der Waals surface area contributed by atoms with Gasteiger partial charge in [0.05, 0.1) is 0 Å². The van der Waals surface area contributed by atoms with Crippen molar-refractivity contribution in [2.24, 2.45) is 5.73 Å². The van der Waals surface area contributed by atoms with E-state index in [0.29, 0.717) is 13.0 Å². The molecule has 0 heterocycles. The smallest absolute Gasteiger partial charge is 0.220 e. The van der Waals surface area contributed by atoms with E-state index < -0.39 is 0 Å². The zero-order valence-electron chi connectivity index (χ0n) is 13.4. The van der Waals surface area contributed by atoms with Crippen LogP contribution in [-0.4, -0.2) is 12.5 Å². The Balaban J connectivity index is 0.00000264. The highest BCUT2D eigenvalue weighted by Crippen LogP contribution is 2.22. The second-order valence-electron chi connectivity index (χ2n) is 5.54. The summed E-state index contributed by atoms with van der Waals surface area (Å²) in [6.45, 7) is 2.58. The Labute approximate surface area is 144 Å². The molecule has 0 aromatic heterocycles. The van der Waals surface area contributed by atoms with Crippen LogP contribution in [0.3, 0.4) is 0 Å². The Morgan fingerprint density at radius 1 is 1.00 bits per heavy atom. The van der Waals surface area contributed by atoms with Crippen LogP contribution in [0, 0.1) is 0 Å². The Bertz CT molecular complexity index is 574. The van der Waals surface area contributed by atoms with E-state index in [1.807, 2.05) is 48.5 Å². The lowest BCUT2D eigenvalue weighted by Gasteiger charge is -2.17. The van der Waals surface area contributed by atoms with Gasteiger partial charge >= 0.3 is 0 Å². The number of carbonyl (C=O) groups is 1. The molecule has 0 aliphatic rings. The molecule has 4 heteroatoms. The Morgan fingerprint density at radius 3 is 2.04 bits per heavy atom. The second kappa shape index (κ2) is 10.0. The Hall–Kier alpha value is -1.84. The van der Waals surface area contributed by atoms with Gasteiger partial charge in [0.2, 0.25) is 5.91 Å². The van der Waals surface area contributed by atoms with Gasteiger partial charge in [0.15, 0.2) is 0 Å². The molecule has 2 atom stereocenters. The molecular weight excluding hydrogens is 308 g/mol. The number of amides is 1. The van der Waals surface area contributed by atoms with E-state index in [1.165, 1.54) is 5.56 Å². The van der Waals surface area contributed by atoms with Crippen LogP contribution in [-0.2, 0) is 4.79 Å². The van der Waals surface area contributed by atoms with Gasteiger partial charge in [0.1, 0.15) is 0 Å². The highest BCUT2D eigenvalue weighted by Gasteiger charge is 2.15. The van der Waals surface area contributed by atoms with Crippen LogP contribution in [0.5, 0.6) is 0 Å². The number of benzene rings is 2. The summed E-state index contributed by atoms with van der Waals surface area (Å²) < 4.78 is 0. The normalized spacial score (nSPS) is 12.8. The summed E-state index contributed by atoms with van der Waals surface area (Å²) in [7, 11) is 0. The lowest BCUT2D eigenvalue weighted by molar-refractivity contribution is -0.121. The fourth-order valence-corrected chi connectivity index (χ4v) is 2.56. The van der Waals surface area contributed by atoms with Crippen molar-refractivity contribution in [3.8, 4) is 0 Å². The summed E-state index contributed by atoms with van der Waals surface area (Å²) in [5.41, 5.74) is 8.36. The lowest BCUT2D eigenvalue weighted by atomic mass is 9.93. The van der Waals surface area contributed by atoms with Crippen molar-refractivity contribution < 1.29 is 4.79 Å². The summed E-state index contributed by atoms with van der Waals surface area (Å²) in [6, 6.07) is 19.9. The van der Waals surface area contributed by atoms with E-state index in [2.05, 4.69) is 24.4 Å². The average molecular weight is 333 g/mol. The van der Waals surface area contributed by atoms with Crippen LogP contribution in [0.25, 0.3) is 0 Å². The van der Waals surface area contributed by atoms with Gasteiger partial charge in [-0.2, -0.15) is 0 Å². The fraction of sp³-hybridized carbons (Fsp3) is 0.316. The molecule has 2 rings (SSSR count). The summed E-state index contributed by atoms with van der Waals surface area (Å²) in [4.78, 5) is 12.2. The van der Waals surface area contributed by atoms with Gasteiger partial charge in [-0.25, -0.2) is 0 Å². The first-order valence-corrected chi connectivity index (χ1v) is 7.83. The van der Waals surface area contributed by atoms with Crippen LogP contribution in [0.2, 0.25) is 0 Å². The third kappa shape index (κ3) is 6.05. The molecule has 0 saturated heterocycles. The molecule has 0 bridgehead atoms. The summed E-state index contributed by atoms with van der Waals surface area (Å²) in [5.74, 6) is 0.316. The molecule has 2 aromatic rings. The average Bonchev–Trinajstić information content (AvgIpc) is 2.59. The van der Waals surface area contributed by atoms with Crippen LogP contribution >= 0.6 is 12.4 Å². The van der Waals surface area contributed by atoms with Crippen LogP contribution in [0.1, 0.15) is 42.9 Å². The number of nitrogens with one attached hydrogen (secondary N) is 1. The molecule has 0 fully saturated rings. The topological polar surface area (TPSA) is 55.1 Å². The van der Waals surface area contributed by atoms with Crippen molar-refractivity contribution in [1.82, 2.24) is 5.32 Å². The van der Waals surface area contributed by atoms with Crippen LogP contribution in [0.15, 0.2) is 60.7 Å². The van der Waals surface area contributed by atoms with Crippen LogP contribution < -0.4 is 11.1 Å². The SMILES string of the molecule is CCC(CC(=O)NCC(N)c1ccccc1)c1ccccc1.Cl. The third-order valence-electron chi connectivity index (χ3n) is 3.94. The maximum atomic E-state index is 12.2. The van der Waals surface area contributed by atoms with E-state index in [1.54, 1.807) is 0 Å². The van der Waals surface area contributed by atoms with E-state index in [0.717, 1.165) is 12.0 Å². The van der Waals surface area contributed by atoms with E-state index in [4.69, 9.17) is 5.73 Å². The fourth-order valence-electron chi connectivity index (χ4n) is 2.56. The maximum Gasteiger partial charge on any atom is 0.220 e. The molecule has 2 unspecified atom stereocenters. The molecule has 3 N–H and O–H groups in total. The molecule has 1 amide bonds. The lowest BCUT2D eigenvalue weighted by Crippen LogP contribution is -2.32. The highest BCUT2D eigenvalue weighted by molar-refractivity contribution is 5.85. The molecule has 0 aliphatic heterocycles. The van der Waals surface area contributed by atoms with Crippen molar-refractivity contribution in [2.45, 2.75) is 31.7 Å². The van der Waals surface area contributed by atoms with Gasteiger partial charge < -0.3 is 11.1 Å². The van der Waals surface area contributed by atoms with Gasteiger partial charge in [0.25, 0.3) is 0 Å².